The van der Waals surface area contributed by atoms with E-state index in [9.17, 15) is 19.9 Å². The van der Waals surface area contributed by atoms with Crippen LogP contribution in [0.4, 0.5) is 10.5 Å². The molecule has 0 unspecified atom stereocenters. The first kappa shape index (κ1) is 33.4. The van der Waals surface area contributed by atoms with Crippen molar-refractivity contribution in [3.05, 3.63) is 53.6 Å². The van der Waals surface area contributed by atoms with Crippen molar-refractivity contribution in [2.75, 3.05) is 58.5 Å². The number of ether oxygens (including phenoxy) is 4. The Kier molecular flexibility index (Phi) is 11.3. The van der Waals surface area contributed by atoms with Gasteiger partial charge in [-0.25, -0.2) is 9.86 Å². The van der Waals surface area contributed by atoms with Crippen LogP contribution in [0.15, 0.2) is 42.5 Å². The van der Waals surface area contributed by atoms with Crippen LogP contribution in [-0.4, -0.2) is 98.0 Å². The lowest BCUT2D eigenvalue weighted by Crippen LogP contribution is -2.54. The highest BCUT2D eigenvalue weighted by Gasteiger charge is 2.44. The minimum absolute atomic E-state index is 0.129. The third-order valence-corrected chi connectivity index (χ3v) is 8.66. The first-order chi connectivity index (χ1) is 21.1. The van der Waals surface area contributed by atoms with E-state index >= 15 is 0 Å². The summed E-state index contributed by atoms with van der Waals surface area (Å²) in [5.74, 6) is 1.01. The number of fused-ring (bicyclic) bond motifs is 1. The zero-order valence-electron chi connectivity index (χ0n) is 26.5. The number of piperidine rings is 1. The van der Waals surface area contributed by atoms with Gasteiger partial charge in [0.05, 0.1) is 38.6 Å². The zero-order valence-corrected chi connectivity index (χ0v) is 26.5. The molecule has 2 aliphatic rings. The summed E-state index contributed by atoms with van der Waals surface area (Å²) in [6, 6.07) is 13.4. The van der Waals surface area contributed by atoms with E-state index in [2.05, 4.69) is 11.0 Å². The summed E-state index contributed by atoms with van der Waals surface area (Å²) >= 11 is 0. The van der Waals surface area contributed by atoms with Crippen LogP contribution in [0.2, 0.25) is 0 Å². The maximum atomic E-state index is 12.9. The normalized spacial score (nSPS) is 20.1. The third kappa shape index (κ3) is 7.94. The second kappa shape index (κ2) is 15.0. The smallest absolute Gasteiger partial charge is 0.407 e. The topological polar surface area (TPSA) is 121 Å². The van der Waals surface area contributed by atoms with Gasteiger partial charge in [-0.3, -0.25) is 10.0 Å². The number of carboxylic acid groups (broad SMARTS) is 1. The predicted molar refractivity (Wildman–Crippen MR) is 166 cm³/mol. The molecule has 0 saturated carbocycles. The number of hydroxylamine groups is 2. The Bertz CT molecular complexity index is 1250. The minimum Gasteiger partial charge on any atom is -0.497 e. The molecular weight excluding hydrogens is 566 g/mol. The van der Waals surface area contributed by atoms with Gasteiger partial charge in [0.1, 0.15) is 18.1 Å². The summed E-state index contributed by atoms with van der Waals surface area (Å²) in [6.07, 6.45) is 0.144. The fourth-order valence-electron chi connectivity index (χ4n) is 6.25. The van der Waals surface area contributed by atoms with Crippen LogP contribution < -0.4 is 14.4 Å². The molecule has 2 amide bonds. The molecule has 2 aromatic carbocycles. The fraction of sp³-hybridized carbons (Fsp3) is 0.576. The van der Waals surface area contributed by atoms with E-state index in [0.717, 1.165) is 47.8 Å². The SMILES string of the molecule is CCN(O)C(=O)C(C)(C)C[C@@H]1C[C@H](c2ccc(OC)cc2)[C@@H](OCc2ccc3c(c2)N(CCCOC)CCO3)CN1C(=O)O. The number of likely N-dealkylation sites (tertiary alicyclic amines) is 1. The summed E-state index contributed by atoms with van der Waals surface area (Å²) in [5, 5.41) is 21.1. The summed E-state index contributed by atoms with van der Waals surface area (Å²) in [6.45, 7) is 8.75. The molecule has 0 spiro atoms. The molecule has 242 valence electrons. The molecule has 2 aliphatic heterocycles. The van der Waals surface area contributed by atoms with Crippen molar-refractivity contribution in [3.8, 4) is 11.5 Å². The summed E-state index contributed by atoms with van der Waals surface area (Å²) < 4.78 is 23.0. The first-order valence-electron chi connectivity index (χ1n) is 15.3. The lowest BCUT2D eigenvalue weighted by molar-refractivity contribution is -0.176. The highest BCUT2D eigenvalue weighted by molar-refractivity contribution is 5.81. The Morgan fingerprint density at radius 2 is 1.89 bits per heavy atom. The maximum Gasteiger partial charge on any atom is 0.407 e. The van der Waals surface area contributed by atoms with Gasteiger partial charge < -0.3 is 33.9 Å². The van der Waals surface area contributed by atoms with Gasteiger partial charge in [-0.2, -0.15) is 0 Å². The molecule has 4 rings (SSSR count). The number of anilines is 1. The average Bonchev–Trinajstić information content (AvgIpc) is 3.03. The number of hydrogen-bond donors (Lipinski definition) is 2. The summed E-state index contributed by atoms with van der Waals surface area (Å²) in [7, 11) is 3.32. The molecule has 0 bridgehead atoms. The molecule has 3 atom stereocenters. The molecule has 1 saturated heterocycles. The van der Waals surface area contributed by atoms with Crippen molar-refractivity contribution in [2.24, 2.45) is 5.41 Å². The Labute approximate surface area is 260 Å². The molecule has 11 heteroatoms. The lowest BCUT2D eigenvalue weighted by atomic mass is 9.76. The second-order valence-corrected chi connectivity index (χ2v) is 12.1. The van der Waals surface area contributed by atoms with Crippen molar-refractivity contribution < 1.29 is 38.9 Å². The van der Waals surface area contributed by atoms with E-state index in [0.29, 0.717) is 31.3 Å². The molecular formula is C33H47N3O8. The molecule has 0 aromatic heterocycles. The number of amides is 2. The molecule has 2 N–H and O–H groups in total. The van der Waals surface area contributed by atoms with E-state index < -0.39 is 29.6 Å². The van der Waals surface area contributed by atoms with Crippen molar-refractivity contribution >= 4 is 17.7 Å². The molecule has 44 heavy (non-hydrogen) atoms. The van der Waals surface area contributed by atoms with Crippen molar-refractivity contribution in [1.29, 1.82) is 0 Å². The van der Waals surface area contributed by atoms with Gasteiger partial charge in [0, 0.05) is 44.2 Å². The van der Waals surface area contributed by atoms with E-state index in [-0.39, 0.29) is 25.4 Å². The van der Waals surface area contributed by atoms with E-state index in [1.54, 1.807) is 35.0 Å². The quantitative estimate of drug-likeness (QED) is 0.183. The zero-order chi connectivity index (χ0) is 31.9. The number of carbonyl (C=O) groups excluding carboxylic acids is 1. The van der Waals surface area contributed by atoms with Crippen LogP contribution in [0.3, 0.4) is 0 Å². The van der Waals surface area contributed by atoms with Crippen LogP contribution in [-0.2, 0) is 20.9 Å². The second-order valence-electron chi connectivity index (χ2n) is 12.1. The number of hydrogen-bond acceptors (Lipinski definition) is 8. The molecule has 0 radical (unpaired) electrons. The number of nitrogens with zero attached hydrogens (tertiary/aromatic N) is 3. The van der Waals surface area contributed by atoms with Crippen LogP contribution in [0.1, 0.15) is 57.1 Å². The number of methoxy groups -OCH3 is 2. The Balaban J connectivity index is 1.57. The van der Waals surface area contributed by atoms with Gasteiger partial charge in [0.15, 0.2) is 0 Å². The molecule has 2 aromatic rings. The van der Waals surface area contributed by atoms with E-state index in [1.807, 2.05) is 36.4 Å². The molecule has 1 fully saturated rings. The van der Waals surface area contributed by atoms with Gasteiger partial charge in [0.2, 0.25) is 0 Å². The van der Waals surface area contributed by atoms with Crippen molar-refractivity contribution in [2.45, 2.75) is 64.7 Å². The highest BCUT2D eigenvalue weighted by Crippen LogP contribution is 2.40. The van der Waals surface area contributed by atoms with Crippen LogP contribution in [0, 0.1) is 5.41 Å². The Morgan fingerprint density at radius 3 is 2.55 bits per heavy atom. The van der Waals surface area contributed by atoms with Gasteiger partial charge in [0.25, 0.3) is 5.91 Å². The first-order valence-corrected chi connectivity index (χ1v) is 15.3. The van der Waals surface area contributed by atoms with Crippen molar-refractivity contribution in [1.82, 2.24) is 9.96 Å². The summed E-state index contributed by atoms with van der Waals surface area (Å²) in [5.41, 5.74) is 2.03. The Hall–Kier alpha value is -3.54. The van der Waals surface area contributed by atoms with E-state index in [4.69, 9.17) is 18.9 Å². The standard InChI is InChI=1S/C33H47N3O8/c1-6-36(40)31(37)33(2,3)20-25-19-27(24-9-11-26(42-5)12-10-24)30(21-35(25)32(38)39)44-22-23-8-13-29-28(18-23)34(15-17-43-29)14-7-16-41-4/h8-13,18,25,27,30,40H,6-7,14-17,19-22H2,1-5H3,(H,38,39)/t25-,27+,30-/m0/s1. The van der Waals surface area contributed by atoms with Gasteiger partial charge >= 0.3 is 6.09 Å². The van der Waals surface area contributed by atoms with Crippen molar-refractivity contribution in [3.63, 3.8) is 0 Å². The Morgan fingerprint density at radius 1 is 1.14 bits per heavy atom. The molecule has 11 nitrogen and oxygen atoms in total. The maximum absolute atomic E-state index is 12.9. The number of benzene rings is 2. The number of rotatable bonds is 13. The monoisotopic (exact) mass is 613 g/mol. The largest absolute Gasteiger partial charge is 0.497 e. The van der Waals surface area contributed by atoms with Gasteiger partial charge in [-0.1, -0.05) is 32.0 Å². The number of carbonyl (C=O) groups is 2. The van der Waals surface area contributed by atoms with Gasteiger partial charge in [-0.05, 0) is 61.6 Å². The summed E-state index contributed by atoms with van der Waals surface area (Å²) in [4.78, 5) is 29.2. The van der Waals surface area contributed by atoms with Gasteiger partial charge in [-0.15, -0.1) is 0 Å². The average molecular weight is 614 g/mol. The fourth-order valence-corrected chi connectivity index (χ4v) is 6.25. The highest BCUT2D eigenvalue weighted by atomic mass is 16.5. The predicted octanol–water partition coefficient (Wildman–Crippen LogP) is 5.01. The molecule has 0 aliphatic carbocycles. The van der Waals surface area contributed by atoms with Crippen LogP contribution in [0.25, 0.3) is 0 Å². The lowest BCUT2D eigenvalue weighted by Gasteiger charge is -2.45. The molecule has 2 heterocycles. The van der Waals surface area contributed by atoms with E-state index in [1.165, 1.54) is 4.90 Å². The minimum atomic E-state index is -1.06. The third-order valence-electron chi connectivity index (χ3n) is 8.66. The van der Waals surface area contributed by atoms with Crippen LogP contribution >= 0.6 is 0 Å². The van der Waals surface area contributed by atoms with Crippen LogP contribution in [0.5, 0.6) is 11.5 Å².